The highest BCUT2D eigenvalue weighted by molar-refractivity contribution is 9.10. The van der Waals surface area contributed by atoms with Gasteiger partial charge < -0.3 is 15.0 Å². The van der Waals surface area contributed by atoms with Gasteiger partial charge in [-0.25, -0.2) is 0 Å². The first-order chi connectivity index (χ1) is 8.66. The highest BCUT2D eigenvalue weighted by atomic mass is 79.9. The average molecular weight is 313 g/mol. The van der Waals surface area contributed by atoms with E-state index in [4.69, 9.17) is 4.74 Å². The lowest BCUT2D eigenvalue weighted by Crippen LogP contribution is -2.45. The summed E-state index contributed by atoms with van der Waals surface area (Å²) >= 11 is 3.37. The van der Waals surface area contributed by atoms with Crippen molar-refractivity contribution in [3.05, 3.63) is 34.3 Å². The number of amides is 1. The number of halogens is 1. The molecule has 98 valence electrons. The molecule has 1 unspecified atom stereocenters. The van der Waals surface area contributed by atoms with Gasteiger partial charge in [0.05, 0.1) is 12.7 Å². The number of hydrogen-bond acceptors (Lipinski definition) is 3. The van der Waals surface area contributed by atoms with Crippen molar-refractivity contribution in [2.24, 2.45) is 0 Å². The molecule has 0 radical (unpaired) electrons. The van der Waals surface area contributed by atoms with Crippen molar-refractivity contribution in [2.45, 2.75) is 6.10 Å². The smallest absolute Gasteiger partial charge is 0.253 e. The number of nitrogens with one attached hydrogen (secondary N) is 1. The van der Waals surface area contributed by atoms with Gasteiger partial charge in [-0.05, 0) is 18.2 Å². The molecule has 1 aliphatic rings. The maximum absolute atomic E-state index is 12.2. The minimum absolute atomic E-state index is 0.0190. The standard InChI is InChI=1S/C13H17BrN2O2/c1-16(9-12-8-15-5-6-18-12)13(17)10-3-2-4-11(14)7-10/h2-4,7,12,15H,5-6,8-9H2,1H3. The predicted octanol–water partition coefficient (Wildman–Crippen LogP) is 1.51. The van der Waals surface area contributed by atoms with E-state index < -0.39 is 0 Å². The van der Waals surface area contributed by atoms with Crippen molar-refractivity contribution in [1.29, 1.82) is 0 Å². The first kappa shape index (κ1) is 13.5. The molecule has 18 heavy (non-hydrogen) atoms. The van der Waals surface area contributed by atoms with Crippen LogP contribution >= 0.6 is 15.9 Å². The summed E-state index contributed by atoms with van der Waals surface area (Å²) < 4.78 is 6.51. The Morgan fingerprint density at radius 2 is 2.44 bits per heavy atom. The van der Waals surface area contributed by atoms with Gasteiger partial charge in [0.25, 0.3) is 5.91 Å². The maximum atomic E-state index is 12.2. The van der Waals surface area contributed by atoms with E-state index in [0.717, 1.165) is 17.6 Å². The summed E-state index contributed by atoms with van der Waals surface area (Å²) in [6.45, 7) is 3.01. The molecule has 0 aromatic heterocycles. The van der Waals surface area contributed by atoms with Crippen LogP contribution in [-0.4, -0.2) is 50.2 Å². The second kappa shape index (κ2) is 6.31. The van der Waals surface area contributed by atoms with Crippen LogP contribution in [0.5, 0.6) is 0 Å². The number of carbonyl (C=O) groups excluding carboxylic acids is 1. The van der Waals surface area contributed by atoms with Gasteiger partial charge in [-0.3, -0.25) is 4.79 Å². The molecule has 5 heteroatoms. The second-order valence-corrected chi connectivity index (χ2v) is 5.31. The molecular formula is C13H17BrN2O2. The van der Waals surface area contributed by atoms with Gasteiger partial charge in [0.2, 0.25) is 0 Å². The molecule has 1 aromatic rings. The van der Waals surface area contributed by atoms with E-state index in [2.05, 4.69) is 21.2 Å². The molecule has 2 rings (SSSR count). The van der Waals surface area contributed by atoms with Crippen LogP contribution in [0.3, 0.4) is 0 Å². The predicted molar refractivity (Wildman–Crippen MR) is 73.7 cm³/mol. The number of benzene rings is 1. The summed E-state index contributed by atoms with van der Waals surface area (Å²) in [6, 6.07) is 7.43. The number of morpholine rings is 1. The number of hydrogen-bond donors (Lipinski definition) is 1. The van der Waals surface area contributed by atoms with Crippen LogP contribution in [0.1, 0.15) is 10.4 Å². The van der Waals surface area contributed by atoms with Crippen molar-refractivity contribution in [2.75, 3.05) is 33.3 Å². The molecule has 0 aliphatic carbocycles. The Morgan fingerprint density at radius 1 is 1.61 bits per heavy atom. The number of carbonyl (C=O) groups is 1. The van der Waals surface area contributed by atoms with Crippen LogP contribution in [0, 0.1) is 0 Å². The highest BCUT2D eigenvalue weighted by Gasteiger charge is 2.19. The van der Waals surface area contributed by atoms with Gasteiger partial charge >= 0.3 is 0 Å². The average Bonchev–Trinajstić information content (AvgIpc) is 2.39. The molecule has 1 fully saturated rings. The molecule has 0 spiro atoms. The van der Waals surface area contributed by atoms with E-state index in [0.29, 0.717) is 18.7 Å². The van der Waals surface area contributed by atoms with Gasteiger partial charge in [-0.1, -0.05) is 22.0 Å². The molecule has 1 N–H and O–H groups in total. The quantitative estimate of drug-likeness (QED) is 0.920. The zero-order chi connectivity index (χ0) is 13.0. The summed E-state index contributed by atoms with van der Waals surface area (Å²) in [4.78, 5) is 13.9. The number of nitrogens with zero attached hydrogens (tertiary/aromatic N) is 1. The highest BCUT2D eigenvalue weighted by Crippen LogP contribution is 2.13. The Kier molecular flexibility index (Phi) is 4.74. The Bertz CT molecular complexity index is 419. The maximum Gasteiger partial charge on any atom is 0.253 e. The van der Waals surface area contributed by atoms with E-state index in [9.17, 15) is 4.79 Å². The number of ether oxygens (including phenoxy) is 1. The molecular weight excluding hydrogens is 296 g/mol. The van der Waals surface area contributed by atoms with Crippen LogP contribution in [-0.2, 0) is 4.74 Å². The van der Waals surface area contributed by atoms with Crippen LogP contribution in [0.25, 0.3) is 0 Å². The van der Waals surface area contributed by atoms with Crippen LogP contribution in [0.2, 0.25) is 0 Å². The van der Waals surface area contributed by atoms with Crippen LogP contribution < -0.4 is 5.32 Å². The van der Waals surface area contributed by atoms with E-state index in [-0.39, 0.29) is 12.0 Å². The third kappa shape index (κ3) is 3.54. The molecule has 4 nitrogen and oxygen atoms in total. The molecule has 0 bridgehead atoms. The first-order valence-electron chi connectivity index (χ1n) is 6.00. The summed E-state index contributed by atoms with van der Waals surface area (Å²) in [7, 11) is 1.81. The number of likely N-dealkylation sites (N-methyl/N-ethyl adjacent to an activating group) is 1. The van der Waals surface area contributed by atoms with Crippen molar-refractivity contribution < 1.29 is 9.53 Å². The summed E-state index contributed by atoms with van der Waals surface area (Å²) in [5.74, 6) is 0.0190. The Hall–Kier alpha value is -0.910. The lowest BCUT2D eigenvalue weighted by atomic mass is 10.2. The van der Waals surface area contributed by atoms with E-state index in [1.54, 1.807) is 11.9 Å². The van der Waals surface area contributed by atoms with E-state index in [1.165, 1.54) is 0 Å². The fourth-order valence-electron chi connectivity index (χ4n) is 1.97. The fourth-order valence-corrected chi connectivity index (χ4v) is 2.37. The molecule has 0 saturated carbocycles. The molecule has 1 heterocycles. The first-order valence-corrected chi connectivity index (χ1v) is 6.79. The normalized spacial score (nSPS) is 19.6. The van der Waals surface area contributed by atoms with Crippen molar-refractivity contribution >= 4 is 21.8 Å². The fraction of sp³-hybridized carbons (Fsp3) is 0.462. The van der Waals surface area contributed by atoms with Gasteiger partial charge in [-0.15, -0.1) is 0 Å². The Morgan fingerprint density at radius 3 is 3.11 bits per heavy atom. The lowest BCUT2D eigenvalue weighted by Gasteiger charge is -2.28. The van der Waals surface area contributed by atoms with E-state index >= 15 is 0 Å². The zero-order valence-electron chi connectivity index (χ0n) is 10.4. The second-order valence-electron chi connectivity index (χ2n) is 4.39. The lowest BCUT2D eigenvalue weighted by molar-refractivity contribution is 0.0104. The third-order valence-electron chi connectivity index (χ3n) is 2.90. The largest absolute Gasteiger partial charge is 0.374 e. The van der Waals surface area contributed by atoms with E-state index in [1.807, 2.05) is 24.3 Å². The Labute approximate surface area is 115 Å². The number of rotatable bonds is 3. The van der Waals surface area contributed by atoms with Crippen LogP contribution in [0.15, 0.2) is 28.7 Å². The molecule has 1 saturated heterocycles. The van der Waals surface area contributed by atoms with Crippen molar-refractivity contribution in [1.82, 2.24) is 10.2 Å². The van der Waals surface area contributed by atoms with Gasteiger partial charge in [0.1, 0.15) is 0 Å². The third-order valence-corrected chi connectivity index (χ3v) is 3.39. The molecule has 1 atom stereocenters. The van der Waals surface area contributed by atoms with Gasteiger partial charge in [0, 0.05) is 36.7 Å². The SMILES string of the molecule is CN(CC1CNCCO1)C(=O)c1cccc(Br)c1. The van der Waals surface area contributed by atoms with Gasteiger partial charge in [-0.2, -0.15) is 0 Å². The Balaban J connectivity index is 1.95. The minimum Gasteiger partial charge on any atom is -0.374 e. The summed E-state index contributed by atoms with van der Waals surface area (Å²) in [5, 5.41) is 3.26. The molecule has 1 aliphatic heterocycles. The zero-order valence-corrected chi connectivity index (χ0v) is 11.9. The minimum atomic E-state index is 0.0190. The molecule has 1 amide bonds. The van der Waals surface area contributed by atoms with Crippen LogP contribution in [0.4, 0.5) is 0 Å². The molecule has 1 aromatic carbocycles. The topological polar surface area (TPSA) is 41.6 Å². The van der Waals surface area contributed by atoms with Crippen molar-refractivity contribution in [3.63, 3.8) is 0 Å². The van der Waals surface area contributed by atoms with Crippen molar-refractivity contribution in [3.8, 4) is 0 Å². The van der Waals surface area contributed by atoms with Gasteiger partial charge in [0.15, 0.2) is 0 Å². The summed E-state index contributed by atoms with van der Waals surface area (Å²) in [6.07, 6.45) is 0.0832. The summed E-state index contributed by atoms with van der Waals surface area (Å²) in [5.41, 5.74) is 0.690. The monoisotopic (exact) mass is 312 g/mol.